The highest BCUT2D eigenvalue weighted by molar-refractivity contribution is 7.48. The lowest BCUT2D eigenvalue weighted by Crippen LogP contribution is -2.29. The van der Waals surface area contributed by atoms with Crippen LogP contribution in [0.2, 0.25) is 0 Å². The monoisotopic (exact) mass is 1460 g/mol. The fourth-order valence-electron chi connectivity index (χ4n) is 12.5. The summed E-state index contributed by atoms with van der Waals surface area (Å²) in [4.78, 5) is 0. The molecule has 10 nitrogen and oxygen atoms in total. The number of benzene rings is 3. The van der Waals surface area contributed by atoms with Gasteiger partial charge in [-0.05, 0) is 72.4 Å². The molecule has 17 heteroatoms. The van der Waals surface area contributed by atoms with Gasteiger partial charge in [0, 0.05) is 19.8 Å². The standard InChI is InChI=1S/C84H141F6O10P/c1-4-7-10-13-16-19-22-25-28-31-34-37-40-43-46-49-58-92-67-76(95-64-73-52-55-79(85)82(88)61-73)70-98-101(91,99-71-77(96-65-74-53-56-80(86)83(89)62-74)68-93-59-50-47-44-41-38-35-32-29-26-23-20-17-14-11-8-5-2)100-72-78(97-66-75-54-57-81(87)84(90)63-75)69-94-60-51-48-45-42-39-36-33-30-27-24-21-18-15-12-9-6-3/h52-57,61-63,76-78H,4-51,58-60,64-72H2,1-3H3/t76-,77-,78-/m1/s1. The van der Waals surface area contributed by atoms with Gasteiger partial charge >= 0.3 is 7.82 Å². The highest BCUT2D eigenvalue weighted by atomic mass is 31.2. The molecule has 101 heavy (non-hydrogen) atoms. The first-order chi connectivity index (χ1) is 49.4. The molecule has 584 valence electrons. The molecular weight excluding hydrogens is 1310 g/mol. The van der Waals surface area contributed by atoms with E-state index >= 15 is 4.57 Å². The van der Waals surface area contributed by atoms with Gasteiger partial charge in [-0.15, -0.1) is 0 Å². The van der Waals surface area contributed by atoms with E-state index in [0.29, 0.717) is 36.5 Å². The van der Waals surface area contributed by atoms with Gasteiger partial charge in [0.05, 0.1) is 59.5 Å². The van der Waals surface area contributed by atoms with Crippen molar-refractivity contribution in [3.05, 3.63) is 106 Å². The molecule has 0 bridgehead atoms. The summed E-state index contributed by atoms with van der Waals surface area (Å²) in [5.41, 5.74) is 1.05. The third-order valence-electron chi connectivity index (χ3n) is 19.0. The van der Waals surface area contributed by atoms with Crippen LogP contribution in [0.1, 0.15) is 346 Å². The van der Waals surface area contributed by atoms with Crippen molar-refractivity contribution < 1.29 is 72.9 Å². The molecule has 0 amide bonds. The summed E-state index contributed by atoms with van der Waals surface area (Å²) in [7, 11) is -4.68. The lowest BCUT2D eigenvalue weighted by Gasteiger charge is -2.26. The van der Waals surface area contributed by atoms with Crippen LogP contribution in [0.4, 0.5) is 26.3 Å². The number of rotatable bonds is 75. The van der Waals surface area contributed by atoms with Gasteiger partial charge in [0.25, 0.3) is 0 Å². The minimum Gasteiger partial charge on any atom is -0.379 e. The normalized spacial score (nSPS) is 12.9. The third-order valence-corrected chi connectivity index (χ3v) is 20.4. The molecule has 3 rings (SSSR count). The zero-order valence-electron chi connectivity index (χ0n) is 63.7. The summed E-state index contributed by atoms with van der Waals surface area (Å²) >= 11 is 0. The van der Waals surface area contributed by atoms with Crippen molar-refractivity contribution >= 4 is 7.82 Å². The van der Waals surface area contributed by atoms with Crippen LogP contribution in [0.15, 0.2) is 54.6 Å². The highest BCUT2D eigenvalue weighted by Crippen LogP contribution is 2.50. The second-order valence-corrected chi connectivity index (χ2v) is 30.2. The molecule has 0 saturated heterocycles. The Labute approximate surface area is 610 Å². The van der Waals surface area contributed by atoms with Crippen molar-refractivity contribution in [1.82, 2.24) is 0 Å². The quantitative estimate of drug-likeness (QED) is 0.0309. The van der Waals surface area contributed by atoms with Crippen LogP contribution < -0.4 is 0 Å². The molecule has 0 aliphatic rings. The SMILES string of the molecule is CCCCCCCCCCCCCCCCCCOC[C@H](COP(=O)(OC[C@@H](COCCCCCCCCCCCCCCCCCC)OCc1ccc(F)c(F)c1)OC[C@@H](COCCCCCCCCCCCCCCCCCC)OCc1ccc(F)c(F)c1)OCc1ccc(F)c(F)c1. The topological polar surface area (TPSA) is 100 Å². The van der Waals surface area contributed by atoms with Crippen LogP contribution in [0.5, 0.6) is 0 Å². The maximum atomic E-state index is 15.3. The maximum Gasteiger partial charge on any atom is 0.475 e. The molecule has 3 aromatic carbocycles. The van der Waals surface area contributed by atoms with Crippen molar-refractivity contribution in [1.29, 1.82) is 0 Å². The Morgan fingerprint density at radius 2 is 0.446 bits per heavy atom. The summed E-state index contributed by atoms with van der Waals surface area (Å²) < 4.78 is 157. The molecule has 0 aliphatic heterocycles. The molecule has 0 aliphatic carbocycles. The lowest BCUT2D eigenvalue weighted by atomic mass is 10.0. The zero-order chi connectivity index (χ0) is 72.6. The van der Waals surface area contributed by atoms with E-state index in [4.69, 9.17) is 42.0 Å². The first kappa shape index (κ1) is 92.3. The number of hydrogen-bond donors (Lipinski definition) is 0. The molecule has 0 saturated carbocycles. The van der Waals surface area contributed by atoms with Crippen molar-refractivity contribution in [2.75, 3.05) is 59.5 Å². The van der Waals surface area contributed by atoms with E-state index in [0.717, 1.165) is 113 Å². The van der Waals surface area contributed by atoms with Crippen LogP contribution >= 0.6 is 7.82 Å². The van der Waals surface area contributed by atoms with Gasteiger partial charge in [-0.25, -0.2) is 30.9 Å². The van der Waals surface area contributed by atoms with E-state index < -0.39 is 80.9 Å². The molecule has 0 spiro atoms. The molecule has 0 unspecified atom stereocenters. The Morgan fingerprint density at radius 3 is 0.634 bits per heavy atom. The number of hydrogen-bond acceptors (Lipinski definition) is 10. The Kier molecular flexibility index (Phi) is 59.8. The average Bonchev–Trinajstić information content (AvgIpc) is 0.903. The molecule has 0 radical (unpaired) electrons. The average molecular weight is 1460 g/mol. The van der Waals surface area contributed by atoms with Crippen LogP contribution in [0.25, 0.3) is 0 Å². The molecule has 0 fully saturated rings. The number of ether oxygens (including phenoxy) is 6. The Hall–Kier alpha value is -2.89. The summed E-state index contributed by atoms with van der Waals surface area (Å²) in [6.07, 6.45) is 56.7. The Bertz CT molecular complexity index is 2150. The summed E-state index contributed by atoms with van der Waals surface area (Å²) in [6, 6.07) is 10.5. The molecule has 0 aromatic heterocycles. The second-order valence-electron chi connectivity index (χ2n) is 28.5. The van der Waals surface area contributed by atoms with E-state index in [1.807, 2.05) is 0 Å². The first-order valence-corrected chi connectivity index (χ1v) is 42.3. The predicted molar refractivity (Wildman–Crippen MR) is 401 cm³/mol. The first-order valence-electron chi connectivity index (χ1n) is 40.9. The van der Waals surface area contributed by atoms with E-state index in [9.17, 15) is 26.3 Å². The molecule has 0 N–H and O–H groups in total. The van der Waals surface area contributed by atoms with Crippen LogP contribution in [-0.2, 0) is 66.4 Å². The van der Waals surface area contributed by atoms with Gasteiger partial charge in [-0.1, -0.05) is 328 Å². The van der Waals surface area contributed by atoms with Crippen molar-refractivity contribution in [2.45, 2.75) is 367 Å². The van der Waals surface area contributed by atoms with Crippen molar-refractivity contribution in [2.24, 2.45) is 0 Å². The third kappa shape index (κ3) is 52.7. The van der Waals surface area contributed by atoms with E-state index in [1.54, 1.807) is 0 Å². The highest BCUT2D eigenvalue weighted by Gasteiger charge is 2.33. The van der Waals surface area contributed by atoms with Gasteiger partial charge in [-0.3, -0.25) is 13.6 Å². The molecular formula is C84H141F6O10P. The Balaban J connectivity index is 1.71. The van der Waals surface area contributed by atoms with Gasteiger partial charge in [0.15, 0.2) is 34.9 Å². The predicted octanol–water partition coefficient (Wildman–Crippen LogP) is 26.6. The van der Waals surface area contributed by atoms with Gasteiger partial charge in [-0.2, -0.15) is 0 Å². The summed E-state index contributed by atoms with van der Waals surface area (Å²) in [5, 5.41) is 0. The second kappa shape index (κ2) is 65.4. The number of phosphoric acid groups is 1. The van der Waals surface area contributed by atoms with E-state index in [1.165, 1.54) is 249 Å². The maximum absolute atomic E-state index is 15.3. The van der Waals surface area contributed by atoms with E-state index in [2.05, 4.69) is 20.8 Å². The lowest BCUT2D eigenvalue weighted by molar-refractivity contribution is -0.0746. The largest absolute Gasteiger partial charge is 0.475 e. The minimum atomic E-state index is -4.68. The zero-order valence-corrected chi connectivity index (χ0v) is 64.5. The fourth-order valence-corrected chi connectivity index (χ4v) is 13.8. The molecule has 3 aromatic rings. The van der Waals surface area contributed by atoms with Crippen molar-refractivity contribution in [3.8, 4) is 0 Å². The van der Waals surface area contributed by atoms with Gasteiger partial charge < -0.3 is 28.4 Å². The summed E-state index contributed by atoms with van der Waals surface area (Å²) in [5.74, 6) is -6.09. The van der Waals surface area contributed by atoms with Crippen LogP contribution in [0, 0.1) is 34.9 Å². The number of halogens is 6. The van der Waals surface area contributed by atoms with Crippen LogP contribution in [0.3, 0.4) is 0 Å². The van der Waals surface area contributed by atoms with Gasteiger partial charge in [0.1, 0.15) is 18.3 Å². The Morgan fingerprint density at radius 1 is 0.257 bits per heavy atom. The summed E-state index contributed by atoms with van der Waals surface area (Å²) in [6.45, 7) is 6.32. The van der Waals surface area contributed by atoms with Crippen molar-refractivity contribution in [3.63, 3.8) is 0 Å². The minimum absolute atomic E-state index is 0.0112. The van der Waals surface area contributed by atoms with Crippen LogP contribution in [-0.4, -0.2) is 77.8 Å². The van der Waals surface area contributed by atoms with E-state index in [-0.39, 0.29) is 39.6 Å². The number of phosphoric ester groups is 1. The number of unbranched alkanes of at least 4 members (excludes halogenated alkanes) is 45. The molecule has 3 atom stereocenters. The molecule has 0 heterocycles. The fraction of sp³-hybridized carbons (Fsp3) is 0.786. The van der Waals surface area contributed by atoms with Gasteiger partial charge in [0.2, 0.25) is 0 Å². The smallest absolute Gasteiger partial charge is 0.379 e.